The number of fused-ring (bicyclic) bond motifs is 3. The number of rotatable bonds is 3. The van der Waals surface area contributed by atoms with Crippen LogP contribution in [-0.4, -0.2) is 17.1 Å². The van der Waals surface area contributed by atoms with E-state index in [2.05, 4.69) is 53.5 Å². The fraction of sp³-hybridized carbons (Fsp3) is 0.0417. The van der Waals surface area contributed by atoms with Crippen molar-refractivity contribution in [3.8, 4) is 28.1 Å². The first-order valence-corrected chi connectivity index (χ1v) is 8.95. The Morgan fingerprint density at radius 1 is 0.778 bits per heavy atom. The molecule has 0 fully saturated rings. The van der Waals surface area contributed by atoms with Gasteiger partial charge in [0, 0.05) is 22.0 Å². The van der Waals surface area contributed by atoms with Crippen LogP contribution in [0.4, 0.5) is 0 Å². The van der Waals surface area contributed by atoms with Crippen LogP contribution in [0.2, 0.25) is 0 Å². The second-order valence-electron chi connectivity index (χ2n) is 6.55. The Kier molecular flexibility index (Phi) is 3.65. The molecule has 0 aliphatic rings. The van der Waals surface area contributed by atoms with Crippen LogP contribution in [0.25, 0.3) is 44.3 Å². The number of para-hydroxylation sites is 1. The lowest BCUT2D eigenvalue weighted by Gasteiger charge is -2.09. The van der Waals surface area contributed by atoms with Gasteiger partial charge in [-0.15, -0.1) is 0 Å². The van der Waals surface area contributed by atoms with Crippen molar-refractivity contribution in [1.82, 2.24) is 9.97 Å². The Balaban J connectivity index is 1.87. The number of ether oxygens (including phenoxy) is 1. The van der Waals surface area contributed by atoms with E-state index in [0.717, 1.165) is 50.1 Å². The smallest absolute Gasteiger partial charge is 0.119 e. The molecule has 0 saturated heterocycles. The average Bonchev–Trinajstić information content (AvgIpc) is 3.12. The molecule has 130 valence electrons. The summed E-state index contributed by atoms with van der Waals surface area (Å²) in [5.41, 5.74) is 7.42. The van der Waals surface area contributed by atoms with Gasteiger partial charge in [-0.3, -0.25) is 0 Å². The van der Waals surface area contributed by atoms with Crippen molar-refractivity contribution in [2.24, 2.45) is 0 Å². The van der Waals surface area contributed by atoms with Crippen LogP contribution >= 0.6 is 0 Å². The number of methoxy groups -OCH3 is 1. The molecular weight excluding hydrogens is 332 g/mol. The summed E-state index contributed by atoms with van der Waals surface area (Å²) < 4.78 is 5.44. The molecule has 0 saturated carbocycles. The van der Waals surface area contributed by atoms with Gasteiger partial charge in [0.2, 0.25) is 0 Å². The molecule has 1 N–H and O–H groups in total. The van der Waals surface area contributed by atoms with Crippen LogP contribution in [0.15, 0.2) is 84.9 Å². The van der Waals surface area contributed by atoms with Crippen molar-refractivity contribution in [3.63, 3.8) is 0 Å². The van der Waals surface area contributed by atoms with E-state index >= 15 is 0 Å². The summed E-state index contributed by atoms with van der Waals surface area (Å²) in [5, 5.41) is 1.13. The fourth-order valence-corrected chi connectivity index (χ4v) is 3.57. The first-order chi connectivity index (χ1) is 13.3. The van der Waals surface area contributed by atoms with Gasteiger partial charge in [-0.2, -0.15) is 0 Å². The predicted octanol–water partition coefficient (Wildman–Crippen LogP) is 6.06. The van der Waals surface area contributed by atoms with Gasteiger partial charge in [0.1, 0.15) is 5.75 Å². The number of nitrogens with one attached hydrogen (secondary N) is 1. The van der Waals surface area contributed by atoms with E-state index < -0.39 is 0 Å². The van der Waals surface area contributed by atoms with Crippen molar-refractivity contribution in [2.75, 3.05) is 7.11 Å². The Hall–Kier alpha value is -3.59. The Labute approximate surface area is 157 Å². The zero-order valence-corrected chi connectivity index (χ0v) is 14.9. The summed E-state index contributed by atoms with van der Waals surface area (Å²) >= 11 is 0. The van der Waals surface area contributed by atoms with Crippen LogP contribution < -0.4 is 4.74 Å². The molecule has 0 spiro atoms. The van der Waals surface area contributed by atoms with Crippen LogP contribution in [0.3, 0.4) is 0 Å². The van der Waals surface area contributed by atoms with Crippen molar-refractivity contribution in [3.05, 3.63) is 84.9 Å². The molecule has 27 heavy (non-hydrogen) atoms. The minimum atomic E-state index is 0.842. The standard InChI is InChI=1S/C24H18N2O/c1-27-18-11-7-10-17(14-18)20-15-22(16-8-3-2-4-9-16)26-23-19-12-5-6-13-21(19)25-24(20)23/h2-15,25H,1H3. The molecule has 0 aliphatic carbocycles. The number of aromatic amines is 1. The highest BCUT2D eigenvalue weighted by Crippen LogP contribution is 2.36. The van der Waals surface area contributed by atoms with Crippen LogP contribution in [0.5, 0.6) is 5.75 Å². The lowest BCUT2D eigenvalue weighted by Crippen LogP contribution is -1.90. The molecule has 0 bridgehead atoms. The number of hydrogen-bond acceptors (Lipinski definition) is 2. The Bertz CT molecular complexity index is 1260. The SMILES string of the molecule is COc1cccc(-c2cc(-c3ccccc3)nc3c2[nH]c2ccccc23)c1. The van der Waals surface area contributed by atoms with Crippen LogP contribution in [-0.2, 0) is 0 Å². The second kappa shape index (κ2) is 6.29. The average molecular weight is 350 g/mol. The lowest BCUT2D eigenvalue weighted by molar-refractivity contribution is 0.415. The summed E-state index contributed by atoms with van der Waals surface area (Å²) in [7, 11) is 1.69. The highest BCUT2D eigenvalue weighted by molar-refractivity contribution is 6.10. The molecule has 3 nitrogen and oxygen atoms in total. The molecule has 3 aromatic carbocycles. The van der Waals surface area contributed by atoms with E-state index in [4.69, 9.17) is 9.72 Å². The predicted molar refractivity (Wildman–Crippen MR) is 111 cm³/mol. The first-order valence-electron chi connectivity index (χ1n) is 8.95. The van der Waals surface area contributed by atoms with Gasteiger partial charge in [0.15, 0.2) is 0 Å². The van der Waals surface area contributed by atoms with Gasteiger partial charge < -0.3 is 9.72 Å². The topological polar surface area (TPSA) is 37.9 Å². The minimum absolute atomic E-state index is 0.842. The zero-order chi connectivity index (χ0) is 18.2. The number of hydrogen-bond donors (Lipinski definition) is 1. The number of H-pyrrole nitrogens is 1. The van der Waals surface area contributed by atoms with Crippen LogP contribution in [0.1, 0.15) is 0 Å². The van der Waals surface area contributed by atoms with E-state index in [0.29, 0.717) is 0 Å². The summed E-state index contributed by atoms with van der Waals surface area (Å²) in [5.74, 6) is 0.842. The number of aromatic nitrogens is 2. The van der Waals surface area contributed by atoms with Gasteiger partial charge in [-0.1, -0.05) is 60.7 Å². The highest BCUT2D eigenvalue weighted by Gasteiger charge is 2.14. The lowest BCUT2D eigenvalue weighted by atomic mass is 10.0. The van der Waals surface area contributed by atoms with Crippen LogP contribution in [0, 0.1) is 0 Å². The number of benzene rings is 3. The molecule has 0 unspecified atom stereocenters. The van der Waals surface area contributed by atoms with E-state index in [1.54, 1.807) is 7.11 Å². The zero-order valence-electron chi connectivity index (χ0n) is 14.9. The maximum absolute atomic E-state index is 5.44. The van der Waals surface area contributed by atoms with Gasteiger partial charge in [0.25, 0.3) is 0 Å². The van der Waals surface area contributed by atoms with Crippen molar-refractivity contribution < 1.29 is 4.74 Å². The number of nitrogens with zero attached hydrogens (tertiary/aromatic N) is 1. The van der Waals surface area contributed by atoms with E-state index in [9.17, 15) is 0 Å². The normalized spacial score (nSPS) is 11.1. The summed E-state index contributed by atoms with van der Waals surface area (Å²) in [6.07, 6.45) is 0. The highest BCUT2D eigenvalue weighted by atomic mass is 16.5. The number of pyridine rings is 1. The molecule has 0 atom stereocenters. The van der Waals surface area contributed by atoms with Crippen molar-refractivity contribution in [1.29, 1.82) is 0 Å². The van der Waals surface area contributed by atoms with E-state index in [-0.39, 0.29) is 0 Å². The van der Waals surface area contributed by atoms with E-state index in [1.807, 2.05) is 36.4 Å². The van der Waals surface area contributed by atoms with Crippen molar-refractivity contribution in [2.45, 2.75) is 0 Å². The molecule has 2 aromatic heterocycles. The molecule has 0 aliphatic heterocycles. The molecule has 0 radical (unpaired) electrons. The maximum Gasteiger partial charge on any atom is 0.119 e. The van der Waals surface area contributed by atoms with Crippen molar-refractivity contribution >= 4 is 21.9 Å². The third-order valence-corrected chi connectivity index (χ3v) is 4.91. The molecule has 0 amide bonds. The van der Waals surface area contributed by atoms with Gasteiger partial charge in [-0.25, -0.2) is 4.98 Å². The fourth-order valence-electron chi connectivity index (χ4n) is 3.57. The first kappa shape index (κ1) is 15.6. The summed E-state index contributed by atoms with van der Waals surface area (Å²) in [6.45, 7) is 0. The molecule has 5 rings (SSSR count). The molecular formula is C24H18N2O. The molecule has 5 aromatic rings. The minimum Gasteiger partial charge on any atom is -0.497 e. The van der Waals surface area contributed by atoms with Gasteiger partial charge >= 0.3 is 0 Å². The Morgan fingerprint density at radius 3 is 2.41 bits per heavy atom. The van der Waals surface area contributed by atoms with E-state index in [1.165, 1.54) is 0 Å². The Morgan fingerprint density at radius 2 is 1.56 bits per heavy atom. The summed E-state index contributed by atoms with van der Waals surface area (Å²) in [4.78, 5) is 8.56. The van der Waals surface area contributed by atoms with Gasteiger partial charge in [0.05, 0.1) is 23.8 Å². The molecule has 3 heteroatoms. The molecule has 2 heterocycles. The third kappa shape index (κ3) is 2.64. The monoisotopic (exact) mass is 350 g/mol. The second-order valence-corrected chi connectivity index (χ2v) is 6.55. The largest absolute Gasteiger partial charge is 0.497 e. The maximum atomic E-state index is 5.44. The summed E-state index contributed by atoms with van der Waals surface area (Å²) in [6, 6.07) is 28.9. The third-order valence-electron chi connectivity index (χ3n) is 4.91. The van der Waals surface area contributed by atoms with Gasteiger partial charge in [-0.05, 0) is 29.8 Å². The quantitative estimate of drug-likeness (QED) is 0.429.